The topological polar surface area (TPSA) is 56.4 Å². The molecule has 2 aliphatic rings. The first-order valence-electron chi connectivity index (χ1n) is 11.4. The lowest BCUT2D eigenvalue weighted by Gasteiger charge is -2.29. The number of methoxy groups -OCH3 is 2. The number of ether oxygens (including phenoxy) is 2. The van der Waals surface area contributed by atoms with Gasteiger partial charge in [0.25, 0.3) is 5.91 Å². The molecule has 166 valence electrons. The quantitative estimate of drug-likeness (QED) is 0.603. The SMILES string of the molecule is COc1cc(C)c(C[NH+]2CC[NH+](CC(=O)Nc3ccc4c(c3)CCC4)CC2)cc1OC. The molecule has 31 heavy (non-hydrogen) atoms. The van der Waals surface area contributed by atoms with E-state index in [1.165, 1.54) is 40.0 Å². The largest absolute Gasteiger partial charge is 0.493 e. The second-order valence-electron chi connectivity index (χ2n) is 8.87. The number of fused-ring (bicyclic) bond motifs is 1. The first-order chi connectivity index (χ1) is 15.1. The van der Waals surface area contributed by atoms with Crippen molar-refractivity contribution in [3.05, 3.63) is 52.6 Å². The number of carbonyl (C=O) groups excluding carboxylic acids is 1. The van der Waals surface area contributed by atoms with Crippen molar-refractivity contribution in [1.82, 2.24) is 0 Å². The van der Waals surface area contributed by atoms with Crippen LogP contribution in [0.3, 0.4) is 0 Å². The Balaban J connectivity index is 1.26. The van der Waals surface area contributed by atoms with E-state index in [2.05, 4.69) is 36.5 Å². The highest BCUT2D eigenvalue weighted by molar-refractivity contribution is 5.91. The Kier molecular flexibility index (Phi) is 6.78. The maximum atomic E-state index is 12.6. The monoisotopic (exact) mass is 425 g/mol. The molecule has 0 spiro atoms. The number of quaternary nitrogens is 2. The molecule has 2 aromatic carbocycles. The van der Waals surface area contributed by atoms with Crippen molar-refractivity contribution in [2.75, 3.05) is 52.3 Å². The van der Waals surface area contributed by atoms with Gasteiger partial charge in [0.15, 0.2) is 18.0 Å². The Morgan fingerprint density at radius 1 is 0.935 bits per heavy atom. The summed E-state index contributed by atoms with van der Waals surface area (Å²) in [6, 6.07) is 10.5. The van der Waals surface area contributed by atoms with E-state index >= 15 is 0 Å². The molecule has 1 heterocycles. The molecule has 1 amide bonds. The zero-order valence-corrected chi connectivity index (χ0v) is 19.0. The van der Waals surface area contributed by atoms with Crippen molar-refractivity contribution in [3.63, 3.8) is 0 Å². The predicted molar refractivity (Wildman–Crippen MR) is 121 cm³/mol. The minimum atomic E-state index is 0.118. The van der Waals surface area contributed by atoms with Crippen molar-refractivity contribution in [1.29, 1.82) is 0 Å². The van der Waals surface area contributed by atoms with Gasteiger partial charge in [-0.05, 0) is 67.1 Å². The lowest BCUT2D eigenvalue weighted by molar-refractivity contribution is -1.02. The molecule has 1 aliphatic carbocycles. The first kappa shape index (κ1) is 21.7. The van der Waals surface area contributed by atoms with Gasteiger partial charge in [0, 0.05) is 11.3 Å². The summed E-state index contributed by atoms with van der Waals surface area (Å²) in [6.07, 6.45) is 3.53. The summed E-state index contributed by atoms with van der Waals surface area (Å²) in [4.78, 5) is 15.5. The zero-order chi connectivity index (χ0) is 21.8. The molecular weight excluding hydrogens is 390 g/mol. The summed E-state index contributed by atoms with van der Waals surface area (Å²) < 4.78 is 10.9. The van der Waals surface area contributed by atoms with Crippen LogP contribution in [0.1, 0.15) is 28.7 Å². The average Bonchev–Trinajstić information content (AvgIpc) is 3.24. The van der Waals surface area contributed by atoms with E-state index in [-0.39, 0.29) is 5.91 Å². The lowest BCUT2D eigenvalue weighted by Crippen LogP contribution is -3.28. The molecule has 0 saturated carbocycles. The fourth-order valence-corrected chi connectivity index (χ4v) is 4.87. The maximum absolute atomic E-state index is 12.6. The van der Waals surface area contributed by atoms with Gasteiger partial charge in [-0.3, -0.25) is 4.79 Å². The van der Waals surface area contributed by atoms with Crippen LogP contribution in [0.5, 0.6) is 11.5 Å². The third kappa shape index (κ3) is 5.20. The number of nitrogens with one attached hydrogen (secondary N) is 3. The number of piperazine rings is 1. The van der Waals surface area contributed by atoms with Gasteiger partial charge in [0.2, 0.25) is 0 Å². The molecule has 6 nitrogen and oxygen atoms in total. The average molecular weight is 426 g/mol. The Morgan fingerprint density at radius 2 is 1.61 bits per heavy atom. The summed E-state index contributed by atoms with van der Waals surface area (Å²) in [5.74, 6) is 1.68. The maximum Gasteiger partial charge on any atom is 0.279 e. The molecule has 3 N–H and O–H groups in total. The molecule has 1 aliphatic heterocycles. The number of anilines is 1. The number of benzene rings is 2. The van der Waals surface area contributed by atoms with Gasteiger partial charge in [-0.15, -0.1) is 0 Å². The van der Waals surface area contributed by atoms with Crippen LogP contribution in [-0.4, -0.2) is 52.9 Å². The smallest absolute Gasteiger partial charge is 0.279 e. The van der Waals surface area contributed by atoms with E-state index in [1.807, 2.05) is 6.07 Å². The van der Waals surface area contributed by atoms with Crippen molar-refractivity contribution >= 4 is 11.6 Å². The molecule has 0 unspecified atom stereocenters. The van der Waals surface area contributed by atoms with E-state index in [0.29, 0.717) is 6.54 Å². The molecule has 0 atom stereocenters. The van der Waals surface area contributed by atoms with Crippen LogP contribution >= 0.6 is 0 Å². The van der Waals surface area contributed by atoms with E-state index in [9.17, 15) is 4.79 Å². The number of carbonyl (C=O) groups is 1. The molecule has 0 radical (unpaired) electrons. The normalized spacial score (nSPS) is 20.2. The van der Waals surface area contributed by atoms with E-state index in [0.717, 1.165) is 56.3 Å². The highest BCUT2D eigenvalue weighted by atomic mass is 16.5. The molecule has 1 saturated heterocycles. The van der Waals surface area contributed by atoms with Crippen molar-refractivity contribution < 1.29 is 24.1 Å². The van der Waals surface area contributed by atoms with Crippen LogP contribution in [-0.2, 0) is 24.2 Å². The zero-order valence-electron chi connectivity index (χ0n) is 19.0. The van der Waals surface area contributed by atoms with Crippen molar-refractivity contribution in [3.8, 4) is 11.5 Å². The summed E-state index contributed by atoms with van der Waals surface area (Å²) in [7, 11) is 3.35. The van der Waals surface area contributed by atoms with Crippen LogP contribution in [0, 0.1) is 6.92 Å². The fraction of sp³-hybridized carbons (Fsp3) is 0.480. The molecule has 6 heteroatoms. The Morgan fingerprint density at radius 3 is 2.35 bits per heavy atom. The van der Waals surface area contributed by atoms with Crippen LogP contribution in [0.15, 0.2) is 30.3 Å². The third-order valence-corrected chi connectivity index (χ3v) is 6.74. The van der Waals surface area contributed by atoms with Gasteiger partial charge < -0.3 is 24.6 Å². The number of hydrogen-bond acceptors (Lipinski definition) is 3. The number of aryl methyl sites for hydroxylation is 3. The first-order valence-corrected chi connectivity index (χ1v) is 11.4. The molecule has 1 fully saturated rings. The highest BCUT2D eigenvalue weighted by Crippen LogP contribution is 2.30. The minimum Gasteiger partial charge on any atom is -0.493 e. The summed E-state index contributed by atoms with van der Waals surface area (Å²) in [5, 5.41) is 3.11. The molecule has 2 aromatic rings. The lowest BCUT2D eigenvalue weighted by atomic mass is 10.1. The molecule has 0 bridgehead atoms. The van der Waals surface area contributed by atoms with Crippen LogP contribution < -0.4 is 24.6 Å². The van der Waals surface area contributed by atoms with Crippen LogP contribution in [0.4, 0.5) is 5.69 Å². The summed E-state index contributed by atoms with van der Waals surface area (Å²) in [6.45, 7) is 7.80. The Hall–Kier alpha value is -2.57. The van der Waals surface area contributed by atoms with Gasteiger partial charge in [0.05, 0.1) is 14.2 Å². The fourth-order valence-electron chi connectivity index (χ4n) is 4.87. The number of hydrogen-bond donors (Lipinski definition) is 3. The van der Waals surface area contributed by atoms with Crippen molar-refractivity contribution in [2.45, 2.75) is 32.7 Å². The van der Waals surface area contributed by atoms with Gasteiger partial charge in [-0.1, -0.05) is 6.07 Å². The number of rotatable bonds is 7. The summed E-state index contributed by atoms with van der Waals surface area (Å²) >= 11 is 0. The molecular formula is C25H35N3O3+2. The predicted octanol–water partition coefficient (Wildman–Crippen LogP) is 0.423. The van der Waals surface area contributed by atoms with Gasteiger partial charge in [-0.2, -0.15) is 0 Å². The van der Waals surface area contributed by atoms with E-state index in [4.69, 9.17) is 9.47 Å². The van der Waals surface area contributed by atoms with Crippen LogP contribution in [0.2, 0.25) is 0 Å². The minimum absolute atomic E-state index is 0.118. The molecule has 4 rings (SSSR count). The second-order valence-corrected chi connectivity index (χ2v) is 8.87. The van der Waals surface area contributed by atoms with E-state index in [1.54, 1.807) is 19.1 Å². The Bertz CT molecular complexity index is 936. The Labute approximate surface area is 185 Å². The number of amides is 1. The van der Waals surface area contributed by atoms with Gasteiger partial charge in [0.1, 0.15) is 32.7 Å². The van der Waals surface area contributed by atoms with Gasteiger partial charge in [-0.25, -0.2) is 0 Å². The standard InChI is InChI=1S/C25H33N3O3/c1-18-13-23(30-2)24(31-3)15-21(18)16-27-9-11-28(12-10-27)17-25(29)26-22-8-7-19-5-4-6-20(19)14-22/h7-8,13-15H,4-6,9-12,16-17H2,1-3H3,(H,26,29)/p+2. The van der Waals surface area contributed by atoms with Crippen LogP contribution in [0.25, 0.3) is 0 Å². The van der Waals surface area contributed by atoms with Gasteiger partial charge >= 0.3 is 0 Å². The third-order valence-electron chi connectivity index (χ3n) is 6.74. The highest BCUT2D eigenvalue weighted by Gasteiger charge is 2.26. The van der Waals surface area contributed by atoms with E-state index < -0.39 is 0 Å². The van der Waals surface area contributed by atoms with Crippen molar-refractivity contribution in [2.24, 2.45) is 0 Å². The second kappa shape index (κ2) is 9.71. The summed E-state index contributed by atoms with van der Waals surface area (Å²) in [5.41, 5.74) is 6.30. The molecule has 0 aromatic heterocycles.